The van der Waals surface area contributed by atoms with Gasteiger partial charge in [0.25, 0.3) is 0 Å². The van der Waals surface area contributed by atoms with Gasteiger partial charge in [0.2, 0.25) is 5.89 Å². The van der Waals surface area contributed by atoms with Gasteiger partial charge in [-0.05, 0) is 37.5 Å². The van der Waals surface area contributed by atoms with Gasteiger partial charge in [-0.3, -0.25) is 0 Å². The summed E-state index contributed by atoms with van der Waals surface area (Å²) in [7, 11) is 0. The van der Waals surface area contributed by atoms with Crippen LogP contribution in [0, 0.1) is 12.7 Å². The molecule has 1 unspecified atom stereocenters. The van der Waals surface area contributed by atoms with E-state index >= 15 is 0 Å². The Morgan fingerprint density at radius 2 is 2.17 bits per heavy atom. The Kier molecular flexibility index (Phi) is 4.75. The largest absolute Gasteiger partial charge is 0.387 e. The maximum Gasteiger partial charge on any atom is 0.318 e. The fraction of sp³-hybridized carbons (Fsp3) is 0.438. The van der Waals surface area contributed by atoms with E-state index < -0.39 is 6.10 Å². The molecule has 1 atom stereocenters. The molecular formula is C16H19FN4O3. The molecule has 2 amide bonds. The molecule has 8 heteroatoms. The highest BCUT2D eigenvalue weighted by atomic mass is 19.1. The number of urea groups is 1. The van der Waals surface area contributed by atoms with Crippen LogP contribution in [0.3, 0.4) is 0 Å². The average Bonchev–Trinajstić information content (AvgIpc) is 3.32. The number of carbonyl (C=O) groups is 1. The summed E-state index contributed by atoms with van der Waals surface area (Å²) in [4.78, 5) is 18.0. The third kappa shape index (κ3) is 4.08. The summed E-state index contributed by atoms with van der Waals surface area (Å²) in [5.74, 6) is 0.471. The van der Waals surface area contributed by atoms with Crippen molar-refractivity contribution in [1.82, 2.24) is 20.4 Å². The summed E-state index contributed by atoms with van der Waals surface area (Å²) < 4.78 is 17.9. The van der Waals surface area contributed by atoms with Crippen molar-refractivity contribution in [1.29, 1.82) is 0 Å². The van der Waals surface area contributed by atoms with Gasteiger partial charge in [0.15, 0.2) is 5.82 Å². The lowest BCUT2D eigenvalue weighted by Gasteiger charge is -2.25. The molecule has 7 nitrogen and oxygen atoms in total. The number of nitrogens with one attached hydrogen (secondary N) is 1. The Hall–Kier alpha value is -2.48. The minimum atomic E-state index is -0.873. The first-order chi connectivity index (χ1) is 11.5. The van der Waals surface area contributed by atoms with E-state index in [1.165, 1.54) is 24.3 Å². The predicted octanol–water partition coefficient (Wildman–Crippen LogP) is 1.92. The number of hydrogen-bond donors (Lipinski definition) is 2. The normalized spacial score (nSPS) is 15.1. The average molecular weight is 334 g/mol. The molecule has 1 aromatic carbocycles. The molecule has 3 rings (SSSR count). The molecule has 0 spiro atoms. The molecule has 0 radical (unpaired) electrons. The lowest BCUT2D eigenvalue weighted by atomic mass is 10.1. The Balaban J connectivity index is 1.59. The van der Waals surface area contributed by atoms with Gasteiger partial charge in [0, 0.05) is 6.04 Å². The number of aryl methyl sites for hydroxylation is 1. The lowest BCUT2D eigenvalue weighted by molar-refractivity contribution is 0.117. The minimum absolute atomic E-state index is 0.115. The first kappa shape index (κ1) is 16.4. The van der Waals surface area contributed by atoms with E-state index in [0.29, 0.717) is 17.3 Å². The monoisotopic (exact) mass is 334 g/mol. The fourth-order valence-corrected chi connectivity index (χ4v) is 2.43. The summed E-state index contributed by atoms with van der Waals surface area (Å²) in [5, 5.41) is 16.7. The minimum Gasteiger partial charge on any atom is -0.387 e. The van der Waals surface area contributed by atoms with Crippen molar-refractivity contribution < 1.29 is 18.8 Å². The van der Waals surface area contributed by atoms with Crippen molar-refractivity contribution in [3.05, 3.63) is 47.4 Å². The second-order valence-corrected chi connectivity index (χ2v) is 5.84. The molecule has 128 valence electrons. The number of nitrogens with zero attached hydrogens (tertiary/aromatic N) is 3. The van der Waals surface area contributed by atoms with Crippen LogP contribution in [-0.2, 0) is 6.54 Å². The Morgan fingerprint density at radius 1 is 1.46 bits per heavy atom. The Bertz CT molecular complexity index is 700. The van der Waals surface area contributed by atoms with Gasteiger partial charge in [-0.1, -0.05) is 17.3 Å². The van der Waals surface area contributed by atoms with E-state index in [1.807, 2.05) is 0 Å². The standard InChI is InChI=1S/C16H19FN4O3/c1-10-19-15(24-20-10)8-18-16(23)21(13-6-7-13)9-14(22)11-2-4-12(17)5-3-11/h2-5,13-14,22H,6-9H2,1H3,(H,18,23). The third-order valence-corrected chi connectivity index (χ3v) is 3.83. The van der Waals surface area contributed by atoms with Crippen LogP contribution in [0.4, 0.5) is 9.18 Å². The highest BCUT2D eigenvalue weighted by molar-refractivity contribution is 5.74. The maximum absolute atomic E-state index is 13.0. The lowest BCUT2D eigenvalue weighted by Crippen LogP contribution is -2.43. The summed E-state index contributed by atoms with van der Waals surface area (Å²) in [5.41, 5.74) is 0.572. The summed E-state index contributed by atoms with van der Waals surface area (Å²) in [6, 6.07) is 5.43. The van der Waals surface area contributed by atoms with Gasteiger partial charge in [-0.15, -0.1) is 0 Å². The second kappa shape index (κ2) is 6.96. The van der Waals surface area contributed by atoms with Crippen molar-refractivity contribution >= 4 is 6.03 Å². The molecule has 0 bridgehead atoms. The predicted molar refractivity (Wildman–Crippen MR) is 82.4 cm³/mol. The molecular weight excluding hydrogens is 315 g/mol. The molecule has 1 aliphatic carbocycles. The molecule has 24 heavy (non-hydrogen) atoms. The molecule has 2 N–H and O–H groups in total. The van der Waals surface area contributed by atoms with Gasteiger partial charge >= 0.3 is 6.03 Å². The summed E-state index contributed by atoms with van der Waals surface area (Å²) in [6.45, 7) is 1.98. The van der Waals surface area contributed by atoms with Crippen LogP contribution in [0.15, 0.2) is 28.8 Å². The smallest absolute Gasteiger partial charge is 0.318 e. The van der Waals surface area contributed by atoms with E-state index in [4.69, 9.17) is 4.52 Å². The number of aromatic nitrogens is 2. The van der Waals surface area contributed by atoms with Gasteiger partial charge in [-0.2, -0.15) is 4.98 Å². The van der Waals surface area contributed by atoms with Crippen LogP contribution in [0.25, 0.3) is 0 Å². The molecule has 0 saturated heterocycles. The Labute approximate surface area is 138 Å². The van der Waals surface area contributed by atoms with Crippen LogP contribution >= 0.6 is 0 Å². The van der Waals surface area contributed by atoms with Crippen molar-refractivity contribution in [3.63, 3.8) is 0 Å². The SMILES string of the molecule is Cc1noc(CNC(=O)N(CC(O)c2ccc(F)cc2)C2CC2)n1. The number of amides is 2. The fourth-order valence-electron chi connectivity index (χ4n) is 2.43. The number of benzene rings is 1. The van der Waals surface area contributed by atoms with Gasteiger partial charge in [0.05, 0.1) is 19.2 Å². The van der Waals surface area contributed by atoms with Crippen LogP contribution in [0.5, 0.6) is 0 Å². The molecule has 1 aromatic heterocycles. The summed E-state index contributed by atoms with van der Waals surface area (Å²) in [6.07, 6.45) is 0.939. The van der Waals surface area contributed by atoms with Crippen molar-refractivity contribution in [3.8, 4) is 0 Å². The molecule has 2 aromatic rings. The van der Waals surface area contributed by atoms with E-state index in [0.717, 1.165) is 12.8 Å². The molecule has 1 aliphatic rings. The van der Waals surface area contributed by atoms with Crippen molar-refractivity contribution in [2.45, 2.75) is 38.5 Å². The molecule has 1 fully saturated rings. The number of hydrogen-bond acceptors (Lipinski definition) is 5. The number of carbonyl (C=O) groups excluding carboxylic acids is 1. The third-order valence-electron chi connectivity index (χ3n) is 3.83. The van der Waals surface area contributed by atoms with Crippen molar-refractivity contribution in [2.75, 3.05) is 6.54 Å². The number of aliphatic hydroxyl groups excluding tert-OH is 1. The van der Waals surface area contributed by atoms with Crippen LogP contribution < -0.4 is 5.32 Å². The van der Waals surface area contributed by atoms with Gasteiger partial charge < -0.3 is 19.8 Å². The van der Waals surface area contributed by atoms with E-state index in [2.05, 4.69) is 15.5 Å². The summed E-state index contributed by atoms with van der Waals surface area (Å²) >= 11 is 0. The van der Waals surface area contributed by atoms with Gasteiger partial charge in [0.1, 0.15) is 5.82 Å². The number of halogens is 1. The molecule has 0 aliphatic heterocycles. The van der Waals surface area contributed by atoms with Crippen LogP contribution in [-0.4, -0.2) is 38.8 Å². The van der Waals surface area contributed by atoms with Crippen LogP contribution in [0.1, 0.15) is 36.2 Å². The first-order valence-corrected chi connectivity index (χ1v) is 7.80. The van der Waals surface area contributed by atoms with E-state index in [9.17, 15) is 14.3 Å². The Morgan fingerprint density at radius 3 is 2.75 bits per heavy atom. The zero-order valence-electron chi connectivity index (χ0n) is 13.3. The maximum atomic E-state index is 13.0. The van der Waals surface area contributed by atoms with E-state index in [1.54, 1.807) is 11.8 Å². The highest BCUT2D eigenvalue weighted by Gasteiger charge is 2.34. The topological polar surface area (TPSA) is 91.5 Å². The zero-order chi connectivity index (χ0) is 17.1. The van der Waals surface area contributed by atoms with E-state index in [-0.39, 0.29) is 31.0 Å². The van der Waals surface area contributed by atoms with Crippen LogP contribution in [0.2, 0.25) is 0 Å². The second-order valence-electron chi connectivity index (χ2n) is 5.84. The zero-order valence-corrected chi connectivity index (χ0v) is 13.3. The molecule has 1 heterocycles. The molecule has 1 saturated carbocycles. The first-order valence-electron chi connectivity index (χ1n) is 7.80. The quantitative estimate of drug-likeness (QED) is 0.842. The number of aliphatic hydroxyl groups is 1. The number of rotatable bonds is 6. The van der Waals surface area contributed by atoms with Gasteiger partial charge in [-0.25, -0.2) is 9.18 Å². The highest BCUT2D eigenvalue weighted by Crippen LogP contribution is 2.29. The van der Waals surface area contributed by atoms with Crippen molar-refractivity contribution in [2.24, 2.45) is 0 Å².